The van der Waals surface area contributed by atoms with E-state index in [0.29, 0.717) is 6.42 Å². The predicted octanol–water partition coefficient (Wildman–Crippen LogP) is 5.54. The average molecular weight is 341 g/mol. The van der Waals surface area contributed by atoms with Gasteiger partial charge in [-0.25, -0.2) is 0 Å². The van der Waals surface area contributed by atoms with Gasteiger partial charge in [0.25, 0.3) is 0 Å². The summed E-state index contributed by atoms with van der Waals surface area (Å²) >= 11 is 0. The number of hydrogen-bond acceptors (Lipinski definition) is 2. The third kappa shape index (κ3) is 16.3. The molecule has 144 valence electrons. The number of carbonyl (C=O) groups excluding carboxylic acids is 1. The van der Waals surface area contributed by atoms with Gasteiger partial charge in [0.15, 0.2) is 0 Å². The fourth-order valence-corrected chi connectivity index (χ4v) is 3.18. The van der Waals surface area contributed by atoms with Crippen LogP contribution in [0.4, 0.5) is 0 Å². The summed E-state index contributed by atoms with van der Waals surface area (Å²) in [5, 5.41) is 3.08. The predicted molar refractivity (Wildman–Crippen MR) is 106 cm³/mol. The smallest absolute Gasteiger partial charge is 0.219 e. The highest BCUT2D eigenvalue weighted by Gasteiger charge is 2.04. The second-order valence-corrected chi connectivity index (χ2v) is 7.12. The van der Waals surface area contributed by atoms with Crippen LogP contribution in [0.1, 0.15) is 104 Å². The van der Waals surface area contributed by atoms with Gasteiger partial charge in [-0.1, -0.05) is 72.1 Å². The van der Waals surface area contributed by atoms with E-state index < -0.39 is 0 Å². The standard InChI is InChI=1S/C21H44N2O/c1-4-7-8-9-10-11-12-13-14-16-21(24)22-17-15-20-23(18-5-2)19-6-3/h4-20H2,1-3H3,(H,22,24). The first-order valence-corrected chi connectivity index (χ1v) is 10.7. The third-order valence-corrected chi connectivity index (χ3v) is 4.56. The van der Waals surface area contributed by atoms with Crippen molar-refractivity contribution in [3.63, 3.8) is 0 Å². The van der Waals surface area contributed by atoms with Gasteiger partial charge in [0.2, 0.25) is 5.91 Å². The van der Waals surface area contributed by atoms with Crippen LogP contribution in [-0.4, -0.2) is 37.0 Å². The van der Waals surface area contributed by atoms with Gasteiger partial charge < -0.3 is 10.2 Å². The topological polar surface area (TPSA) is 32.3 Å². The molecular weight excluding hydrogens is 296 g/mol. The number of rotatable bonds is 18. The van der Waals surface area contributed by atoms with Gasteiger partial charge in [0, 0.05) is 13.0 Å². The lowest BCUT2D eigenvalue weighted by molar-refractivity contribution is -0.121. The van der Waals surface area contributed by atoms with Crippen LogP contribution >= 0.6 is 0 Å². The normalized spacial score (nSPS) is 11.2. The molecule has 0 saturated heterocycles. The van der Waals surface area contributed by atoms with E-state index in [-0.39, 0.29) is 5.91 Å². The van der Waals surface area contributed by atoms with Crippen LogP contribution in [0.15, 0.2) is 0 Å². The molecule has 1 N–H and O–H groups in total. The Morgan fingerprint density at radius 2 is 1.21 bits per heavy atom. The summed E-state index contributed by atoms with van der Waals surface area (Å²) in [6.07, 6.45) is 16.0. The molecule has 0 rings (SSSR count). The van der Waals surface area contributed by atoms with Crippen molar-refractivity contribution in [2.45, 2.75) is 104 Å². The zero-order valence-electron chi connectivity index (χ0n) is 16.9. The summed E-state index contributed by atoms with van der Waals surface area (Å²) in [7, 11) is 0. The van der Waals surface area contributed by atoms with Crippen molar-refractivity contribution in [3.05, 3.63) is 0 Å². The highest BCUT2D eigenvalue weighted by Crippen LogP contribution is 2.10. The van der Waals surface area contributed by atoms with Crippen LogP contribution in [0.5, 0.6) is 0 Å². The zero-order chi connectivity index (χ0) is 17.9. The van der Waals surface area contributed by atoms with E-state index in [2.05, 4.69) is 31.0 Å². The number of hydrogen-bond donors (Lipinski definition) is 1. The van der Waals surface area contributed by atoms with Crippen LogP contribution < -0.4 is 5.32 Å². The molecule has 0 saturated carbocycles. The molecule has 0 fully saturated rings. The second-order valence-electron chi connectivity index (χ2n) is 7.12. The molecule has 0 heterocycles. The molecule has 3 nitrogen and oxygen atoms in total. The number of nitrogens with zero attached hydrogens (tertiary/aromatic N) is 1. The van der Waals surface area contributed by atoms with E-state index in [1.165, 1.54) is 77.3 Å². The fourth-order valence-electron chi connectivity index (χ4n) is 3.18. The maximum atomic E-state index is 11.8. The van der Waals surface area contributed by atoms with Crippen molar-refractivity contribution in [3.8, 4) is 0 Å². The Hall–Kier alpha value is -0.570. The third-order valence-electron chi connectivity index (χ3n) is 4.56. The molecule has 0 radical (unpaired) electrons. The monoisotopic (exact) mass is 340 g/mol. The Bertz CT molecular complexity index is 263. The first-order chi connectivity index (χ1) is 11.7. The quantitative estimate of drug-likeness (QED) is 0.332. The van der Waals surface area contributed by atoms with Crippen LogP contribution in [0, 0.1) is 0 Å². The van der Waals surface area contributed by atoms with Gasteiger partial charge in [0.05, 0.1) is 0 Å². The minimum Gasteiger partial charge on any atom is -0.356 e. The lowest BCUT2D eigenvalue weighted by Crippen LogP contribution is -2.31. The molecule has 0 aromatic rings. The van der Waals surface area contributed by atoms with Gasteiger partial charge in [-0.2, -0.15) is 0 Å². The average Bonchev–Trinajstić information content (AvgIpc) is 2.57. The molecule has 0 aliphatic heterocycles. The summed E-state index contributed by atoms with van der Waals surface area (Å²) in [6, 6.07) is 0. The molecule has 0 atom stereocenters. The van der Waals surface area contributed by atoms with E-state index >= 15 is 0 Å². The van der Waals surface area contributed by atoms with E-state index in [9.17, 15) is 4.79 Å². The lowest BCUT2D eigenvalue weighted by Gasteiger charge is -2.20. The van der Waals surface area contributed by atoms with E-state index in [1.54, 1.807) is 0 Å². The first kappa shape index (κ1) is 23.4. The highest BCUT2D eigenvalue weighted by molar-refractivity contribution is 5.75. The molecule has 3 heteroatoms. The second kappa shape index (κ2) is 18.8. The minimum absolute atomic E-state index is 0.246. The SMILES string of the molecule is CCCCCCCCCCCC(=O)NCCCN(CCC)CCC. The molecule has 0 unspecified atom stereocenters. The Labute approximate surface area is 152 Å². The fraction of sp³-hybridized carbons (Fsp3) is 0.952. The van der Waals surface area contributed by atoms with Crippen molar-refractivity contribution in [2.24, 2.45) is 0 Å². The van der Waals surface area contributed by atoms with Crippen molar-refractivity contribution in [1.29, 1.82) is 0 Å². The Balaban J connectivity index is 3.37. The van der Waals surface area contributed by atoms with Gasteiger partial charge in [-0.05, 0) is 45.3 Å². The van der Waals surface area contributed by atoms with Crippen LogP contribution in [0.2, 0.25) is 0 Å². The van der Waals surface area contributed by atoms with Crippen molar-refractivity contribution in [2.75, 3.05) is 26.2 Å². The summed E-state index contributed by atoms with van der Waals surface area (Å²) in [5.41, 5.74) is 0. The molecule has 0 aliphatic rings. The molecular formula is C21H44N2O. The highest BCUT2D eigenvalue weighted by atomic mass is 16.1. The summed E-state index contributed by atoms with van der Waals surface area (Å²) in [4.78, 5) is 14.3. The van der Waals surface area contributed by atoms with Gasteiger partial charge >= 0.3 is 0 Å². The zero-order valence-corrected chi connectivity index (χ0v) is 16.9. The van der Waals surface area contributed by atoms with Crippen molar-refractivity contribution >= 4 is 5.91 Å². The van der Waals surface area contributed by atoms with Gasteiger partial charge in [0.1, 0.15) is 0 Å². The van der Waals surface area contributed by atoms with E-state index in [0.717, 1.165) is 25.9 Å². The Morgan fingerprint density at radius 3 is 1.75 bits per heavy atom. The van der Waals surface area contributed by atoms with Crippen molar-refractivity contribution < 1.29 is 4.79 Å². The summed E-state index contributed by atoms with van der Waals surface area (Å²) < 4.78 is 0. The maximum absolute atomic E-state index is 11.8. The molecule has 0 aromatic heterocycles. The largest absolute Gasteiger partial charge is 0.356 e. The number of unbranched alkanes of at least 4 members (excludes halogenated alkanes) is 8. The molecule has 0 aliphatic carbocycles. The van der Waals surface area contributed by atoms with Crippen LogP contribution in [-0.2, 0) is 4.79 Å². The van der Waals surface area contributed by atoms with E-state index in [1.807, 2.05) is 0 Å². The number of amides is 1. The summed E-state index contributed by atoms with van der Waals surface area (Å²) in [6.45, 7) is 11.0. The lowest BCUT2D eigenvalue weighted by atomic mass is 10.1. The molecule has 1 amide bonds. The van der Waals surface area contributed by atoms with Crippen molar-refractivity contribution in [1.82, 2.24) is 10.2 Å². The van der Waals surface area contributed by atoms with Crippen LogP contribution in [0.3, 0.4) is 0 Å². The number of nitrogens with one attached hydrogen (secondary N) is 1. The summed E-state index contributed by atoms with van der Waals surface area (Å²) in [5.74, 6) is 0.246. The molecule has 0 aromatic carbocycles. The molecule has 0 bridgehead atoms. The van der Waals surface area contributed by atoms with Gasteiger partial charge in [-0.3, -0.25) is 4.79 Å². The molecule has 0 spiro atoms. The number of carbonyl (C=O) groups is 1. The Kier molecular flexibility index (Phi) is 18.3. The van der Waals surface area contributed by atoms with Crippen LogP contribution in [0.25, 0.3) is 0 Å². The van der Waals surface area contributed by atoms with Gasteiger partial charge in [-0.15, -0.1) is 0 Å². The maximum Gasteiger partial charge on any atom is 0.219 e. The molecule has 24 heavy (non-hydrogen) atoms. The Morgan fingerprint density at radius 1 is 0.667 bits per heavy atom. The first-order valence-electron chi connectivity index (χ1n) is 10.7. The minimum atomic E-state index is 0.246. The van der Waals surface area contributed by atoms with E-state index in [4.69, 9.17) is 0 Å².